The van der Waals surface area contributed by atoms with Gasteiger partial charge in [0, 0.05) is 17.0 Å². The highest BCUT2D eigenvalue weighted by molar-refractivity contribution is 6.31. The van der Waals surface area contributed by atoms with Gasteiger partial charge in [-0.1, -0.05) is 31.5 Å². The van der Waals surface area contributed by atoms with Crippen LogP contribution >= 0.6 is 24.0 Å². The van der Waals surface area contributed by atoms with Gasteiger partial charge in [-0.2, -0.15) is 0 Å². The molecule has 0 saturated carbocycles. The molecule has 3 N–H and O–H groups in total. The number of nitrogens with two attached hydrogens (primary N) is 1. The van der Waals surface area contributed by atoms with Gasteiger partial charge >= 0.3 is 0 Å². The summed E-state index contributed by atoms with van der Waals surface area (Å²) in [6.45, 7) is 4.19. The van der Waals surface area contributed by atoms with Crippen molar-refractivity contribution >= 4 is 29.9 Å². The average molecular weight is 295 g/mol. The van der Waals surface area contributed by atoms with Crippen LogP contribution in [0, 0.1) is 5.82 Å². The maximum absolute atomic E-state index is 12.9. The van der Waals surface area contributed by atoms with Crippen LogP contribution in [0.4, 0.5) is 4.39 Å². The average Bonchev–Trinajstić information content (AvgIpc) is 2.25. The van der Waals surface area contributed by atoms with Gasteiger partial charge < -0.3 is 11.1 Å². The van der Waals surface area contributed by atoms with Gasteiger partial charge in [0.05, 0.1) is 6.54 Å². The second-order valence-corrected chi connectivity index (χ2v) is 4.90. The van der Waals surface area contributed by atoms with Crippen LogP contribution in [0.5, 0.6) is 0 Å². The molecule has 102 valence electrons. The summed E-state index contributed by atoms with van der Waals surface area (Å²) in [7, 11) is 0. The summed E-state index contributed by atoms with van der Waals surface area (Å²) >= 11 is 5.99. The predicted molar refractivity (Wildman–Crippen MR) is 73.7 cm³/mol. The molecule has 1 aromatic carbocycles. The minimum Gasteiger partial charge on any atom is -0.354 e. The Kier molecular flexibility index (Phi) is 6.60. The van der Waals surface area contributed by atoms with Crippen molar-refractivity contribution in [2.75, 3.05) is 13.1 Å². The number of rotatable bonds is 4. The second-order valence-electron chi connectivity index (χ2n) is 4.49. The van der Waals surface area contributed by atoms with Crippen molar-refractivity contribution < 1.29 is 9.18 Å². The molecule has 0 aliphatic carbocycles. The van der Waals surface area contributed by atoms with Crippen molar-refractivity contribution in [2.24, 2.45) is 5.73 Å². The van der Waals surface area contributed by atoms with E-state index in [1.807, 2.05) is 13.8 Å². The summed E-state index contributed by atoms with van der Waals surface area (Å²) in [4.78, 5) is 11.1. The van der Waals surface area contributed by atoms with Crippen molar-refractivity contribution in [1.29, 1.82) is 0 Å². The first-order chi connectivity index (χ1) is 7.86. The van der Waals surface area contributed by atoms with Gasteiger partial charge in [0.1, 0.15) is 5.82 Å². The van der Waals surface area contributed by atoms with Crippen LogP contribution in [0.3, 0.4) is 0 Å². The maximum Gasteiger partial charge on any atom is 0.233 e. The first kappa shape index (κ1) is 17.2. The molecule has 1 rings (SSSR count). The van der Waals surface area contributed by atoms with E-state index in [1.165, 1.54) is 12.1 Å². The molecule has 6 heteroatoms. The highest BCUT2D eigenvalue weighted by atomic mass is 35.5. The third kappa shape index (κ3) is 4.44. The first-order valence-corrected chi connectivity index (χ1v) is 5.67. The van der Waals surface area contributed by atoms with Crippen LogP contribution in [-0.4, -0.2) is 19.0 Å². The molecular formula is C12H17Cl2FN2O. The van der Waals surface area contributed by atoms with Crippen LogP contribution < -0.4 is 11.1 Å². The predicted octanol–water partition coefficient (Wildman–Crippen LogP) is 2.25. The zero-order valence-corrected chi connectivity index (χ0v) is 11.9. The zero-order chi connectivity index (χ0) is 13.1. The quantitative estimate of drug-likeness (QED) is 0.895. The van der Waals surface area contributed by atoms with Gasteiger partial charge in [-0.15, -0.1) is 12.4 Å². The Hall–Kier alpha value is -0.840. The number of carbonyl (C=O) groups excluding carboxylic acids is 1. The third-order valence-electron chi connectivity index (χ3n) is 2.57. The standard InChI is InChI=1S/C12H16ClFN2O.ClH/c1-12(2,7-16-11(17)6-15)9-4-3-8(14)5-10(9)13;/h3-5H,6-7,15H2,1-2H3,(H,16,17);1H. The Morgan fingerprint density at radius 1 is 1.50 bits per heavy atom. The van der Waals surface area contributed by atoms with E-state index in [0.717, 1.165) is 5.56 Å². The summed E-state index contributed by atoms with van der Waals surface area (Å²) < 4.78 is 12.9. The Labute approximate surface area is 117 Å². The Morgan fingerprint density at radius 3 is 2.61 bits per heavy atom. The first-order valence-electron chi connectivity index (χ1n) is 5.29. The van der Waals surface area contributed by atoms with E-state index in [2.05, 4.69) is 5.32 Å². The summed E-state index contributed by atoms with van der Waals surface area (Å²) in [5, 5.41) is 3.05. The SMILES string of the molecule is CC(C)(CNC(=O)CN)c1ccc(F)cc1Cl.Cl. The maximum atomic E-state index is 12.9. The normalized spacial score (nSPS) is 10.7. The van der Waals surface area contributed by atoms with Crippen LogP contribution in [0.25, 0.3) is 0 Å². The summed E-state index contributed by atoms with van der Waals surface area (Å²) in [5.41, 5.74) is 5.61. The molecule has 0 spiro atoms. The van der Waals surface area contributed by atoms with Crippen molar-refractivity contribution in [3.8, 4) is 0 Å². The molecule has 0 aliphatic heterocycles. The molecule has 0 fully saturated rings. The second kappa shape index (κ2) is 6.92. The minimum absolute atomic E-state index is 0. The summed E-state index contributed by atoms with van der Waals surface area (Å²) in [5.74, 6) is -0.600. The number of amides is 1. The smallest absolute Gasteiger partial charge is 0.233 e. The molecule has 0 unspecified atom stereocenters. The number of halogens is 3. The lowest BCUT2D eigenvalue weighted by atomic mass is 9.84. The van der Waals surface area contributed by atoms with E-state index in [9.17, 15) is 9.18 Å². The van der Waals surface area contributed by atoms with Gasteiger partial charge in [0.15, 0.2) is 0 Å². The van der Waals surface area contributed by atoms with E-state index < -0.39 is 0 Å². The molecule has 0 aromatic heterocycles. The number of benzene rings is 1. The molecular weight excluding hydrogens is 278 g/mol. The molecule has 1 aromatic rings. The molecule has 0 bridgehead atoms. The fourth-order valence-electron chi connectivity index (χ4n) is 1.53. The highest BCUT2D eigenvalue weighted by Gasteiger charge is 2.24. The molecule has 3 nitrogen and oxygen atoms in total. The van der Waals surface area contributed by atoms with Gasteiger partial charge in [-0.25, -0.2) is 4.39 Å². The lowest BCUT2D eigenvalue weighted by molar-refractivity contribution is -0.119. The lowest BCUT2D eigenvalue weighted by Crippen LogP contribution is -2.39. The summed E-state index contributed by atoms with van der Waals surface area (Å²) in [6, 6.07) is 4.25. The van der Waals surface area contributed by atoms with Crippen LogP contribution in [0.15, 0.2) is 18.2 Å². The molecule has 0 aliphatic rings. The van der Waals surface area contributed by atoms with E-state index in [-0.39, 0.29) is 36.1 Å². The van der Waals surface area contributed by atoms with E-state index >= 15 is 0 Å². The number of carbonyl (C=O) groups is 1. The monoisotopic (exact) mass is 294 g/mol. The fourth-order valence-corrected chi connectivity index (χ4v) is 1.95. The minimum atomic E-state index is -0.379. The van der Waals surface area contributed by atoms with Crippen molar-refractivity contribution in [3.05, 3.63) is 34.6 Å². The van der Waals surface area contributed by atoms with Crippen LogP contribution in [-0.2, 0) is 10.2 Å². The van der Waals surface area contributed by atoms with Crippen LogP contribution in [0.2, 0.25) is 5.02 Å². The lowest BCUT2D eigenvalue weighted by Gasteiger charge is -2.26. The molecule has 0 heterocycles. The molecule has 18 heavy (non-hydrogen) atoms. The third-order valence-corrected chi connectivity index (χ3v) is 2.89. The van der Waals surface area contributed by atoms with Gasteiger partial charge in [-0.05, 0) is 17.7 Å². The molecule has 0 radical (unpaired) electrons. The molecule has 1 amide bonds. The number of hydrogen-bond donors (Lipinski definition) is 2. The van der Waals surface area contributed by atoms with Crippen LogP contribution in [0.1, 0.15) is 19.4 Å². The Bertz CT molecular complexity index is 425. The van der Waals surface area contributed by atoms with Crippen molar-refractivity contribution in [2.45, 2.75) is 19.3 Å². The number of hydrogen-bond acceptors (Lipinski definition) is 2. The van der Waals surface area contributed by atoms with E-state index in [4.69, 9.17) is 17.3 Å². The van der Waals surface area contributed by atoms with Crippen molar-refractivity contribution in [3.63, 3.8) is 0 Å². The topological polar surface area (TPSA) is 55.1 Å². The van der Waals surface area contributed by atoms with Gasteiger partial charge in [0.25, 0.3) is 0 Å². The molecule has 0 atom stereocenters. The highest BCUT2D eigenvalue weighted by Crippen LogP contribution is 2.29. The Morgan fingerprint density at radius 2 is 2.11 bits per heavy atom. The number of nitrogens with one attached hydrogen (secondary N) is 1. The van der Waals surface area contributed by atoms with E-state index in [0.29, 0.717) is 11.6 Å². The van der Waals surface area contributed by atoms with E-state index in [1.54, 1.807) is 6.07 Å². The van der Waals surface area contributed by atoms with Gasteiger partial charge in [0.2, 0.25) is 5.91 Å². The van der Waals surface area contributed by atoms with Crippen molar-refractivity contribution in [1.82, 2.24) is 5.32 Å². The largest absolute Gasteiger partial charge is 0.354 e. The fraction of sp³-hybridized carbons (Fsp3) is 0.417. The zero-order valence-electron chi connectivity index (χ0n) is 10.3. The van der Waals surface area contributed by atoms with Gasteiger partial charge in [-0.3, -0.25) is 4.79 Å². The molecule has 0 saturated heterocycles. The summed E-state index contributed by atoms with van der Waals surface area (Å²) in [6.07, 6.45) is 0. The Balaban J connectivity index is 0.00000289.